The summed E-state index contributed by atoms with van der Waals surface area (Å²) in [5.74, 6) is -2.60. The molecule has 1 atom stereocenters. The Morgan fingerprint density at radius 3 is 2.86 bits per heavy atom. The standard InChI is InChI=1S/C13H12N2O5S/c16-8(17)3-4-15-5-14-11-10(12(15)18)9-6(13(19)20)1-2-7(9)21-11/h5-6H,1-4H2,(H,16,17)(H,19,20). The van der Waals surface area contributed by atoms with Gasteiger partial charge >= 0.3 is 11.9 Å². The Bertz CT molecular complexity index is 807. The van der Waals surface area contributed by atoms with Crippen LogP contribution in [0.25, 0.3) is 10.2 Å². The molecule has 7 nitrogen and oxygen atoms in total. The van der Waals surface area contributed by atoms with E-state index in [4.69, 9.17) is 5.11 Å². The molecule has 3 rings (SSSR count). The molecular weight excluding hydrogens is 296 g/mol. The summed E-state index contributed by atoms with van der Waals surface area (Å²) in [6.45, 7) is 0.0272. The number of fused-ring (bicyclic) bond motifs is 3. The number of carbonyl (C=O) groups is 2. The molecule has 0 aromatic carbocycles. The maximum absolute atomic E-state index is 12.5. The quantitative estimate of drug-likeness (QED) is 0.873. The second kappa shape index (κ2) is 4.96. The molecule has 1 aliphatic carbocycles. The topological polar surface area (TPSA) is 109 Å². The lowest BCUT2D eigenvalue weighted by atomic mass is 10.0. The molecule has 0 saturated carbocycles. The molecule has 0 saturated heterocycles. The molecule has 0 aliphatic heterocycles. The first-order valence-corrected chi connectivity index (χ1v) is 7.26. The summed E-state index contributed by atoms with van der Waals surface area (Å²) in [5, 5.41) is 18.3. The fourth-order valence-corrected chi connectivity index (χ4v) is 3.90. The second-order valence-electron chi connectivity index (χ2n) is 4.94. The Morgan fingerprint density at radius 1 is 1.43 bits per heavy atom. The van der Waals surface area contributed by atoms with Crippen LogP contribution in [-0.2, 0) is 22.6 Å². The zero-order chi connectivity index (χ0) is 15.1. The molecular formula is C13H12N2O5S. The first-order valence-electron chi connectivity index (χ1n) is 6.44. The molecule has 2 aromatic rings. The Hall–Kier alpha value is -2.22. The van der Waals surface area contributed by atoms with Gasteiger partial charge < -0.3 is 10.2 Å². The van der Waals surface area contributed by atoms with Crippen LogP contribution >= 0.6 is 11.3 Å². The number of aryl methyl sites for hydroxylation is 2. The first kappa shape index (κ1) is 13.7. The fraction of sp³-hybridized carbons (Fsp3) is 0.385. The molecule has 2 N–H and O–H groups in total. The van der Waals surface area contributed by atoms with Crippen LogP contribution < -0.4 is 5.56 Å². The van der Waals surface area contributed by atoms with E-state index in [-0.39, 0.29) is 18.5 Å². The predicted molar refractivity (Wildman–Crippen MR) is 74.8 cm³/mol. The van der Waals surface area contributed by atoms with Crippen LogP contribution in [-0.4, -0.2) is 31.7 Å². The van der Waals surface area contributed by atoms with Crippen molar-refractivity contribution in [2.75, 3.05) is 0 Å². The van der Waals surface area contributed by atoms with Gasteiger partial charge in [0.05, 0.1) is 24.1 Å². The first-order chi connectivity index (χ1) is 9.99. The van der Waals surface area contributed by atoms with Gasteiger partial charge in [-0.3, -0.25) is 19.0 Å². The van der Waals surface area contributed by atoms with Gasteiger partial charge in [0, 0.05) is 11.4 Å². The zero-order valence-electron chi connectivity index (χ0n) is 10.9. The van der Waals surface area contributed by atoms with E-state index in [9.17, 15) is 19.5 Å². The van der Waals surface area contributed by atoms with Crippen LogP contribution in [0.2, 0.25) is 0 Å². The van der Waals surface area contributed by atoms with Crippen LogP contribution in [0.1, 0.15) is 29.2 Å². The van der Waals surface area contributed by atoms with Crippen molar-refractivity contribution in [2.24, 2.45) is 0 Å². The number of nitrogens with zero attached hydrogens (tertiary/aromatic N) is 2. The third-order valence-electron chi connectivity index (χ3n) is 3.67. The molecule has 1 aliphatic rings. The summed E-state index contributed by atoms with van der Waals surface area (Å²) in [4.78, 5) is 40.0. The van der Waals surface area contributed by atoms with E-state index >= 15 is 0 Å². The van der Waals surface area contributed by atoms with Gasteiger partial charge in [-0.25, -0.2) is 4.98 Å². The highest BCUT2D eigenvalue weighted by atomic mass is 32.1. The van der Waals surface area contributed by atoms with Crippen molar-refractivity contribution >= 4 is 33.5 Å². The summed E-state index contributed by atoms with van der Waals surface area (Å²) in [6, 6.07) is 0. The number of hydrogen-bond donors (Lipinski definition) is 2. The molecule has 0 radical (unpaired) electrons. The minimum absolute atomic E-state index is 0.0272. The summed E-state index contributed by atoms with van der Waals surface area (Å²) in [7, 11) is 0. The molecule has 2 heterocycles. The summed E-state index contributed by atoms with van der Waals surface area (Å²) < 4.78 is 1.24. The fourth-order valence-electron chi connectivity index (χ4n) is 2.69. The van der Waals surface area contributed by atoms with Gasteiger partial charge in [0.25, 0.3) is 5.56 Å². The van der Waals surface area contributed by atoms with Crippen LogP contribution in [0.5, 0.6) is 0 Å². The highest BCUT2D eigenvalue weighted by Gasteiger charge is 2.34. The van der Waals surface area contributed by atoms with E-state index in [1.807, 2.05) is 0 Å². The number of rotatable bonds is 4. The monoisotopic (exact) mass is 308 g/mol. The molecule has 2 aromatic heterocycles. The summed E-state index contributed by atoms with van der Waals surface area (Å²) in [5.41, 5.74) is 0.219. The Kier molecular flexibility index (Phi) is 3.25. The predicted octanol–water partition coefficient (Wildman–Crippen LogP) is 1.05. The molecule has 110 valence electrons. The molecule has 21 heavy (non-hydrogen) atoms. The normalized spacial score (nSPS) is 17.0. The molecule has 8 heteroatoms. The molecule has 0 bridgehead atoms. The summed E-state index contributed by atoms with van der Waals surface area (Å²) in [6.07, 6.45) is 2.29. The lowest BCUT2D eigenvalue weighted by Crippen LogP contribution is -2.23. The van der Waals surface area contributed by atoms with Gasteiger partial charge in [0.2, 0.25) is 0 Å². The Balaban J connectivity index is 2.15. The minimum atomic E-state index is -0.999. The van der Waals surface area contributed by atoms with Gasteiger partial charge in [-0.05, 0) is 18.4 Å². The van der Waals surface area contributed by atoms with E-state index in [1.165, 1.54) is 22.2 Å². The van der Waals surface area contributed by atoms with Crippen molar-refractivity contribution in [3.05, 3.63) is 27.1 Å². The van der Waals surface area contributed by atoms with E-state index < -0.39 is 17.9 Å². The van der Waals surface area contributed by atoms with Crippen molar-refractivity contribution in [1.82, 2.24) is 9.55 Å². The molecule has 0 spiro atoms. The third kappa shape index (κ3) is 2.21. The van der Waals surface area contributed by atoms with Crippen LogP contribution in [0.4, 0.5) is 0 Å². The van der Waals surface area contributed by atoms with Crippen molar-refractivity contribution in [2.45, 2.75) is 31.7 Å². The maximum Gasteiger partial charge on any atom is 0.311 e. The number of aromatic nitrogens is 2. The average molecular weight is 308 g/mol. The SMILES string of the molecule is O=C(O)CCn1cnc2sc3c(c2c1=O)C(C(=O)O)CC3. The van der Waals surface area contributed by atoms with Crippen LogP contribution in [0, 0.1) is 0 Å². The van der Waals surface area contributed by atoms with E-state index in [1.54, 1.807) is 0 Å². The molecule has 0 amide bonds. The second-order valence-corrected chi connectivity index (χ2v) is 6.02. The van der Waals surface area contributed by atoms with Crippen molar-refractivity contribution in [1.29, 1.82) is 0 Å². The van der Waals surface area contributed by atoms with E-state index in [2.05, 4.69) is 4.98 Å². The smallest absolute Gasteiger partial charge is 0.311 e. The van der Waals surface area contributed by atoms with Gasteiger partial charge in [0.15, 0.2) is 0 Å². The lowest BCUT2D eigenvalue weighted by Gasteiger charge is -2.06. The third-order valence-corrected chi connectivity index (χ3v) is 4.84. The number of aliphatic carboxylic acids is 2. The van der Waals surface area contributed by atoms with Crippen molar-refractivity contribution in [3.63, 3.8) is 0 Å². The van der Waals surface area contributed by atoms with Crippen molar-refractivity contribution in [3.8, 4) is 0 Å². The van der Waals surface area contributed by atoms with Gasteiger partial charge in [-0.15, -0.1) is 11.3 Å². The van der Waals surface area contributed by atoms with Crippen molar-refractivity contribution < 1.29 is 19.8 Å². The Labute approximate surface area is 122 Å². The van der Waals surface area contributed by atoms with Gasteiger partial charge in [-0.2, -0.15) is 0 Å². The molecule has 1 unspecified atom stereocenters. The zero-order valence-corrected chi connectivity index (χ0v) is 11.7. The van der Waals surface area contributed by atoms with E-state index in [0.717, 1.165) is 4.88 Å². The average Bonchev–Trinajstić information content (AvgIpc) is 2.95. The molecule has 0 fully saturated rings. The minimum Gasteiger partial charge on any atom is -0.481 e. The van der Waals surface area contributed by atoms with E-state index in [0.29, 0.717) is 28.6 Å². The van der Waals surface area contributed by atoms with Gasteiger partial charge in [-0.1, -0.05) is 0 Å². The number of carboxylic acid groups (broad SMARTS) is 2. The highest BCUT2D eigenvalue weighted by Crippen LogP contribution is 2.41. The van der Waals surface area contributed by atoms with Crippen LogP contribution in [0.3, 0.4) is 0 Å². The number of thiophene rings is 1. The lowest BCUT2D eigenvalue weighted by molar-refractivity contribution is -0.139. The Morgan fingerprint density at radius 2 is 2.19 bits per heavy atom. The number of hydrogen-bond acceptors (Lipinski definition) is 5. The summed E-state index contributed by atoms with van der Waals surface area (Å²) >= 11 is 1.35. The largest absolute Gasteiger partial charge is 0.481 e. The maximum atomic E-state index is 12.5. The highest BCUT2D eigenvalue weighted by molar-refractivity contribution is 7.18. The van der Waals surface area contributed by atoms with Gasteiger partial charge in [0.1, 0.15) is 4.83 Å². The number of carboxylic acids is 2. The van der Waals surface area contributed by atoms with Crippen LogP contribution in [0.15, 0.2) is 11.1 Å².